The number of nitrogens with zero attached hydrogens (tertiary/aromatic N) is 2. The molecule has 2 aliphatic rings. The van der Waals surface area contributed by atoms with Crippen molar-refractivity contribution in [3.8, 4) is 0 Å². The van der Waals surface area contributed by atoms with E-state index in [0.717, 1.165) is 18.3 Å². The van der Waals surface area contributed by atoms with Crippen LogP contribution in [0.25, 0.3) is 0 Å². The quantitative estimate of drug-likeness (QED) is 0.902. The van der Waals surface area contributed by atoms with Crippen molar-refractivity contribution in [1.29, 1.82) is 0 Å². The Balaban J connectivity index is 1.47. The van der Waals surface area contributed by atoms with Gasteiger partial charge < -0.3 is 4.90 Å². The molecular weight excluding hydrogens is 234 g/mol. The first-order chi connectivity index (χ1) is 9.42. The van der Waals surface area contributed by atoms with Gasteiger partial charge in [0.15, 0.2) is 0 Å². The highest BCUT2D eigenvalue weighted by Crippen LogP contribution is 2.34. The van der Waals surface area contributed by atoms with Crippen LogP contribution in [0.4, 0.5) is 0 Å². The number of H-pyrrole nitrogens is 1. The van der Waals surface area contributed by atoms with E-state index < -0.39 is 0 Å². The Hall–Kier alpha value is -0.830. The van der Waals surface area contributed by atoms with Gasteiger partial charge >= 0.3 is 0 Å². The van der Waals surface area contributed by atoms with Crippen molar-refractivity contribution < 1.29 is 0 Å². The predicted molar refractivity (Wildman–Crippen MR) is 78.0 cm³/mol. The zero-order valence-electron chi connectivity index (χ0n) is 12.0. The van der Waals surface area contributed by atoms with Crippen molar-refractivity contribution in [2.45, 2.75) is 51.4 Å². The summed E-state index contributed by atoms with van der Waals surface area (Å²) in [5.41, 5.74) is 1.35. The lowest BCUT2D eigenvalue weighted by Gasteiger charge is -2.38. The van der Waals surface area contributed by atoms with Crippen molar-refractivity contribution in [1.82, 2.24) is 15.1 Å². The molecule has 0 spiro atoms. The first-order valence-corrected chi connectivity index (χ1v) is 8.12. The highest BCUT2D eigenvalue weighted by atomic mass is 15.1. The molecule has 1 saturated heterocycles. The SMILES string of the molecule is c1n[nH]cc1CCN1CCC[C@@H](C2CCCCC2)C1. The fourth-order valence-corrected chi connectivity index (χ4v) is 3.99. The highest BCUT2D eigenvalue weighted by molar-refractivity contribution is 5.02. The number of hydrogen-bond donors (Lipinski definition) is 1. The number of rotatable bonds is 4. The molecule has 106 valence electrons. The summed E-state index contributed by atoms with van der Waals surface area (Å²) in [6.07, 6.45) is 15.5. The Bertz CT molecular complexity index is 354. The van der Waals surface area contributed by atoms with Crippen LogP contribution in [0.15, 0.2) is 12.4 Å². The van der Waals surface area contributed by atoms with E-state index in [9.17, 15) is 0 Å². The summed E-state index contributed by atoms with van der Waals surface area (Å²) in [5, 5.41) is 6.94. The van der Waals surface area contributed by atoms with E-state index in [-0.39, 0.29) is 0 Å². The third-order valence-electron chi connectivity index (χ3n) is 5.13. The second-order valence-electron chi connectivity index (χ2n) is 6.46. The van der Waals surface area contributed by atoms with Crippen LogP contribution in [-0.4, -0.2) is 34.7 Å². The van der Waals surface area contributed by atoms with Crippen LogP contribution in [0.2, 0.25) is 0 Å². The lowest BCUT2D eigenvalue weighted by molar-refractivity contribution is 0.116. The van der Waals surface area contributed by atoms with Gasteiger partial charge in [0.1, 0.15) is 0 Å². The summed E-state index contributed by atoms with van der Waals surface area (Å²) in [7, 11) is 0. The summed E-state index contributed by atoms with van der Waals surface area (Å²) in [6.45, 7) is 3.87. The Labute approximate surface area is 116 Å². The van der Waals surface area contributed by atoms with Crippen molar-refractivity contribution in [2.24, 2.45) is 11.8 Å². The Kier molecular flexibility index (Phi) is 4.54. The molecule has 1 N–H and O–H groups in total. The number of piperidine rings is 1. The molecule has 3 heteroatoms. The fraction of sp³-hybridized carbons (Fsp3) is 0.812. The van der Waals surface area contributed by atoms with Crippen LogP contribution in [0.5, 0.6) is 0 Å². The molecule has 1 saturated carbocycles. The molecule has 1 aliphatic heterocycles. The summed E-state index contributed by atoms with van der Waals surface area (Å²) >= 11 is 0. The normalized spacial score (nSPS) is 26.6. The van der Waals surface area contributed by atoms with Gasteiger partial charge in [0, 0.05) is 19.3 Å². The first-order valence-electron chi connectivity index (χ1n) is 8.12. The smallest absolute Gasteiger partial charge is 0.0519 e. The van der Waals surface area contributed by atoms with Crippen LogP contribution in [0.3, 0.4) is 0 Å². The van der Waals surface area contributed by atoms with E-state index in [1.165, 1.54) is 70.1 Å². The maximum Gasteiger partial charge on any atom is 0.0519 e. The molecule has 0 unspecified atom stereocenters. The Morgan fingerprint density at radius 2 is 1.95 bits per heavy atom. The average Bonchev–Trinajstić information content (AvgIpc) is 3.00. The van der Waals surface area contributed by atoms with Crippen LogP contribution >= 0.6 is 0 Å². The van der Waals surface area contributed by atoms with Gasteiger partial charge in [-0.15, -0.1) is 0 Å². The van der Waals surface area contributed by atoms with Crippen LogP contribution in [-0.2, 0) is 6.42 Å². The third-order valence-corrected chi connectivity index (χ3v) is 5.13. The van der Waals surface area contributed by atoms with Gasteiger partial charge in [-0.3, -0.25) is 5.10 Å². The molecule has 0 amide bonds. The zero-order chi connectivity index (χ0) is 12.9. The van der Waals surface area contributed by atoms with Crippen molar-refractivity contribution >= 4 is 0 Å². The molecule has 0 bridgehead atoms. The van der Waals surface area contributed by atoms with Crippen LogP contribution in [0, 0.1) is 11.8 Å². The van der Waals surface area contributed by atoms with Gasteiger partial charge in [0.2, 0.25) is 0 Å². The summed E-state index contributed by atoms with van der Waals surface area (Å²) in [6, 6.07) is 0. The average molecular weight is 261 g/mol. The van der Waals surface area contributed by atoms with Gasteiger partial charge in [-0.2, -0.15) is 5.10 Å². The molecule has 1 aliphatic carbocycles. The largest absolute Gasteiger partial charge is 0.303 e. The molecule has 19 heavy (non-hydrogen) atoms. The minimum Gasteiger partial charge on any atom is -0.303 e. The zero-order valence-corrected chi connectivity index (χ0v) is 12.0. The third kappa shape index (κ3) is 3.59. The van der Waals surface area contributed by atoms with Gasteiger partial charge in [0.25, 0.3) is 0 Å². The van der Waals surface area contributed by atoms with Gasteiger partial charge in [0.05, 0.1) is 6.20 Å². The van der Waals surface area contributed by atoms with E-state index in [1.807, 2.05) is 12.4 Å². The first kappa shape index (κ1) is 13.2. The summed E-state index contributed by atoms with van der Waals surface area (Å²) < 4.78 is 0. The minimum absolute atomic E-state index is 0.985. The van der Waals surface area contributed by atoms with E-state index in [4.69, 9.17) is 0 Å². The maximum absolute atomic E-state index is 4.03. The number of likely N-dealkylation sites (tertiary alicyclic amines) is 1. The molecular formula is C16H27N3. The summed E-state index contributed by atoms with van der Waals surface area (Å²) in [4.78, 5) is 2.69. The lowest BCUT2D eigenvalue weighted by Crippen LogP contribution is -2.39. The van der Waals surface area contributed by atoms with Crippen LogP contribution < -0.4 is 0 Å². The number of hydrogen-bond acceptors (Lipinski definition) is 2. The van der Waals surface area contributed by atoms with E-state index in [1.54, 1.807) is 0 Å². The van der Waals surface area contributed by atoms with Crippen molar-refractivity contribution in [3.05, 3.63) is 18.0 Å². The van der Waals surface area contributed by atoms with Gasteiger partial charge in [-0.25, -0.2) is 0 Å². The molecule has 2 fully saturated rings. The fourth-order valence-electron chi connectivity index (χ4n) is 3.99. The van der Waals surface area contributed by atoms with Crippen molar-refractivity contribution in [2.75, 3.05) is 19.6 Å². The molecule has 1 atom stereocenters. The van der Waals surface area contributed by atoms with Gasteiger partial charge in [-0.05, 0) is 43.2 Å². The predicted octanol–water partition coefficient (Wildman–Crippen LogP) is 3.24. The molecule has 0 radical (unpaired) electrons. The molecule has 0 aromatic carbocycles. The number of aromatic amines is 1. The molecule has 3 rings (SSSR count). The van der Waals surface area contributed by atoms with E-state index in [0.29, 0.717) is 0 Å². The van der Waals surface area contributed by atoms with Gasteiger partial charge in [-0.1, -0.05) is 32.1 Å². The highest BCUT2D eigenvalue weighted by Gasteiger charge is 2.27. The molecule has 3 nitrogen and oxygen atoms in total. The second-order valence-corrected chi connectivity index (χ2v) is 6.46. The minimum atomic E-state index is 0.985. The Morgan fingerprint density at radius 1 is 1.11 bits per heavy atom. The lowest BCUT2D eigenvalue weighted by atomic mass is 9.76. The van der Waals surface area contributed by atoms with Crippen molar-refractivity contribution in [3.63, 3.8) is 0 Å². The number of nitrogens with one attached hydrogen (secondary N) is 1. The monoisotopic (exact) mass is 261 g/mol. The molecule has 1 aromatic rings. The Morgan fingerprint density at radius 3 is 2.74 bits per heavy atom. The maximum atomic E-state index is 4.03. The second kappa shape index (κ2) is 6.56. The topological polar surface area (TPSA) is 31.9 Å². The molecule has 1 aromatic heterocycles. The van der Waals surface area contributed by atoms with E-state index >= 15 is 0 Å². The van der Waals surface area contributed by atoms with Crippen LogP contribution in [0.1, 0.15) is 50.5 Å². The number of aromatic nitrogens is 2. The standard InChI is InChI=1S/C16H27N3/c1-2-5-15(6-3-1)16-7-4-9-19(13-16)10-8-14-11-17-18-12-14/h11-12,15-16H,1-10,13H2,(H,17,18)/t16-/m1/s1. The molecule has 2 heterocycles. The van der Waals surface area contributed by atoms with E-state index in [2.05, 4.69) is 15.1 Å². The summed E-state index contributed by atoms with van der Waals surface area (Å²) in [5.74, 6) is 2.02.